The van der Waals surface area contributed by atoms with Gasteiger partial charge in [-0.05, 0) is 12.1 Å². The largest absolute Gasteiger partial charge is 0.305 e. The molecule has 18 heavy (non-hydrogen) atoms. The minimum absolute atomic E-state index is 0.362. The molecule has 0 bridgehead atoms. The van der Waals surface area contributed by atoms with E-state index in [9.17, 15) is 0 Å². The molecule has 3 aromatic rings. The van der Waals surface area contributed by atoms with Gasteiger partial charge >= 0.3 is 0 Å². The lowest BCUT2D eigenvalue weighted by atomic mass is 10.4. The summed E-state index contributed by atoms with van der Waals surface area (Å²) < 4.78 is 3.60. The molecule has 5 nitrogen and oxygen atoms in total. The van der Waals surface area contributed by atoms with Gasteiger partial charge in [-0.25, -0.2) is 9.67 Å². The van der Waals surface area contributed by atoms with Gasteiger partial charge in [-0.2, -0.15) is 0 Å². The van der Waals surface area contributed by atoms with E-state index < -0.39 is 0 Å². The third kappa shape index (κ3) is 2.19. The Labute approximate surface area is 113 Å². The molecular formula is C11H9Cl2N5. The van der Waals surface area contributed by atoms with Crippen LogP contribution >= 0.6 is 23.2 Å². The Kier molecular flexibility index (Phi) is 2.93. The third-order valence-corrected chi connectivity index (χ3v) is 3.01. The Morgan fingerprint density at radius 1 is 1.11 bits per heavy atom. The number of aromatic nitrogens is 5. The molecule has 0 aliphatic heterocycles. The maximum Gasteiger partial charge on any atom is 0.137 e. The van der Waals surface area contributed by atoms with Crippen molar-refractivity contribution in [3.05, 3.63) is 47.1 Å². The first-order valence-electron chi connectivity index (χ1n) is 5.33. The van der Waals surface area contributed by atoms with Gasteiger partial charge in [-0.3, -0.25) is 0 Å². The zero-order valence-corrected chi connectivity index (χ0v) is 10.8. The van der Waals surface area contributed by atoms with Crippen molar-refractivity contribution in [2.24, 2.45) is 0 Å². The van der Waals surface area contributed by atoms with Gasteiger partial charge in [0.25, 0.3) is 0 Å². The number of hydrogen-bond acceptors (Lipinski definition) is 3. The topological polar surface area (TPSA) is 48.0 Å². The van der Waals surface area contributed by atoms with Crippen LogP contribution in [0.5, 0.6) is 0 Å². The fourth-order valence-corrected chi connectivity index (χ4v) is 2.03. The number of alkyl halides is 1. The molecule has 0 unspecified atom stereocenters. The highest BCUT2D eigenvalue weighted by atomic mass is 35.5. The van der Waals surface area contributed by atoms with Crippen molar-refractivity contribution in [2.45, 2.75) is 12.4 Å². The lowest BCUT2D eigenvalue weighted by molar-refractivity contribution is 0.641. The zero-order valence-electron chi connectivity index (χ0n) is 9.29. The second kappa shape index (κ2) is 4.59. The lowest BCUT2D eigenvalue weighted by Crippen LogP contribution is -2.00. The van der Waals surface area contributed by atoms with Crippen LogP contribution in [0.15, 0.2) is 30.7 Å². The van der Waals surface area contributed by atoms with Crippen LogP contribution < -0.4 is 0 Å². The maximum absolute atomic E-state index is 5.92. The quantitative estimate of drug-likeness (QED) is 0.693. The molecule has 0 atom stereocenters. The standard InChI is InChI=1S/C11H9Cl2N5/c12-3-9-6-18(16-15-9)7-10-5-17-4-8(13)1-2-11(17)14-10/h1-2,4-6H,3,7H2. The number of fused-ring (bicyclic) bond motifs is 1. The number of halogens is 2. The lowest BCUT2D eigenvalue weighted by Gasteiger charge is -1.93. The number of pyridine rings is 1. The first-order valence-corrected chi connectivity index (χ1v) is 6.24. The highest BCUT2D eigenvalue weighted by Gasteiger charge is 2.05. The van der Waals surface area contributed by atoms with Crippen LogP contribution in [-0.2, 0) is 12.4 Å². The van der Waals surface area contributed by atoms with Crippen molar-refractivity contribution < 1.29 is 0 Å². The fourth-order valence-electron chi connectivity index (χ4n) is 1.74. The van der Waals surface area contributed by atoms with Gasteiger partial charge in [0.2, 0.25) is 0 Å². The van der Waals surface area contributed by atoms with Gasteiger partial charge in [0, 0.05) is 12.4 Å². The van der Waals surface area contributed by atoms with Crippen LogP contribution in [0.2, 0.25) is 5.02 Å². The molecule has 3 heterocycles. The molecule has 92 valence electrons. The number of rotatable bonds is 3. The van der Waals surface area contributed by atoms with Gasteiger partial charge in [-0.1, -0.05) is 16.8 Å². The summed E-state index contributed by atoms with van der Waals surface area (Å²) in [5.74, 6) is 0.362. The highest BCUT2D eigenvalue weighted by molar-refractivity contribution is 6.30. The third-order valence-electron chi connectivity index (χ3n) is 2.51. The van der Waals surface area contributed by atoms with Crippen molar-refractivity contribution in [1.82, 2.24) is 24.4 Å². The molecule has 0 amide bonds. The molecule has 0 N–H and O–H groups in total. The van der Waals surface area contributed by atoms with Gasteiger partial charge in [-0.15, -0.1) is 16.7 Å². The van der Waals surface area contributed by atoms with Crippen LogP contribution in [0.25, 0.3) is 5.65 Å². The summed E-state index contributed by atoms with van der Waals surface area (Å²) in [6.07, 6.45) is 5.55. The minimum Gasteiger partial charge on any atom is -0.305 e. The van der Waals surface area contributed by atoms with Gasteiger partial charge in [0.05, 0.1) is 35.0 Å². The zero-order chi connectivity index (χ0) is 12.5. The van der Waals surface area contributed by atoms with Crippen molar-refractivity contribution in [1.29, 1.82) is 0 Å². The van der Waals surface area contributed by atoms with E-state index in [0.29, 0.717) is 17.4 Å². The summed E-state index contributed by atoms with van der Waals surface area (Å²) in [4.78, 5) is 4.47. The SMILES string of the molecule is ClCc1cn(Cc2cn3cc(Cl)ccc3n2)nn1. The van der Waals surface area contributed by atoms with Crippen LogP contribution in [0.4, 0.5) is 0 Å². The van der Waals surface area contributed by atoms with E-state index in [-0.39, 0.29) is 0 Å². The summed E-state index contributed by atoms with van der Waals surface area (Å²) in [5.41, 5.74) is 2.50. The fraction of sp³-hybridized carbons (Fsp3) is 0.182. The molecular weight excluding hydrogens is 273 g/mol. The Bertz CT molecular complexity index is 688. The summed E-state index contributed by atoms with van der Waals surface area (Å²) in [5, 5.41) is 8.58. The molecule has 0 saturated heterocycles. The van der Waals surface area contributed by atoms with Gasteiger partial charge in [0.1, 0.15) is 5.65 Å². The molecule has 0 radical (unpaired) electrons. The van der Waals surface area contributed by atoms with E-state index in [1.807, 2.05) is 35.1 Å². The highest BCUT2D eigenvalue weighted by Crippen LogP contribution is 2.12. The molecule has 0 spiro atoms. The van der Waals surface area contributed by atoms with Crippen LogP contribution in [-0.4, -0.2) is 24.4 Å². The number of imidazole rings is 1. The van der Waals surface area contributed by atoms with Crippen molar-refractivity contribution in [3.63, 3.8) is 0 Å². The Morgan fingerprint density at radius 3 is 2.78 bits per heavy atom. The van der Waals surface area contributed by atoms with Crippen LogP contribution in [0.1, 0.15) is 11.4 Å². The average Bonchev–Trinajstić information content (AvgIpc) is 2.95. The van der Waals surface area contributed by atoms with Crippen molar-refractivity contribution in [3.8, 4) is 0 Å². The molecule has 7 heteroatoms. The van der Waals surface area contributed by atoms with E-state index in [1.54, 1.807) is 4.68 Å². The molecule has 0 aromatic carbocycles. The smallest absolute Gasteiger partial charge is 0.137 e. The van der Waals surface area contributed by atoms with E-state index in [4.69, 9.17) is 23.2 Å². The van der Waals surface area contributed by atoms with E-state index in [2.05, 4.69) is 15.3 Å². The second-order valence-electron chi connectivity index (χ2n) is 3.89. The second-order valence-corrected chi connectivity index (χ2v) is 4.59. The summed E-state index contributed by atoms with van der Waals surface area (Å²) in [6, 6.07) is 3.69. The Morgan fingerprint density at radius 2 is 2.00 bits per heavy atom. The average molecular weight is 282 g/mol. The summed E-state index contributed by atoms with van der Waals surface area (Å²) >= 11 is 11.6. The van der Waals surface area contributed by atoms with Gasteiger partial charge < -0.3 is 4.40 Å². The molecule has 3 aromatic heterocycles. The normalized spacial score (nSPS) is 11.2. The van der Waals surface area contributed by atoms with E-state index in [0.717, 1.165) is 17.0 Å². The predicted octanol–water partition coefficient (Wildman–Crippen LogP) is 2.37. The summed E-state index contributed by atoms with van der Waals surface area (Å²) in [6.45, 7) is 0.559. The van der Waals surface area contributed by atoms with Gasteiger partial charge in [0.15, 0.2) is 0 Å². The molecule has 0 saturated carbocycles. The molecule has 0 aliphatic rings. The number of nitrogens with zero attached hydrogens (tertiary/aromatic N) is 5. The maximum atomic E-state index is 5.92. The van der Waals surface area contributed by atoms with E-state index >= 15 is 0 Å². The molecule has 0 fully saturated rings. The molecule has 3 rings (SSSR count). The molecule has 0 aliphatic carbocycles. The first-order chi connectivity index (χ1) is 8.74. The Hall–Kier alpha value is -1.59. The monoisotopic (exact) mass is 281 g/mol. The minimum atomic E-state index is 0.362. The Balaban J connectivity index is 1.90. The summed E-state index contributed by atoms with van der Waals surface area (Å²) in [7, 11) is 0. The van der Waals surface area contributed by atoms with Crippen LogP contribution in [0, 0.1) is 0 Å². The van der Waals surface area contributed by atoms with Crippen molar-refractivity contribution >= 4 is 28.8 Å². The predicted molar refractivity (Wildman–Crippen MR) is 68.9 cm³/mol. The van der Waals surface area contributed by atoms with E-state index in [1.165, 1.54) is 0 Å². The van der Waals surface area contributed by atoms with Crippen molar-refractivity contribution in [2.75, 3.05) is 0 Å². The number of hydrogen-bond donors (Lipinski definition) is 0. The van der Waals surface area contributed by atoms with Crippen LogP contribution in [0.3, 0.4) is 0 Å². The first kappa shape index (κ1) is 11.5.